The molecule has 1 aromatic carbocycles. The van der Waals surface area contributed by atoms with Gasteiger partial charge in [0.1, 0.15) is 0 Å². The van der Waals surface area contributed by atoms with Gasteiger partial charge in [0.15, 0.2) is 0 Å². The smallest absolute Gasteiger partial charge is 0.266 e. The van der Waals surface area contributed by atoms with Gasteiger partial charge < -0.3 is 0 Å². The zero-order valence-corrected chi connectivity index (χ0v) is 8.61. The molecule has 4 heteroatoms. The van der Waals surface area contributed by atoms with Crippen molar-refractivity contribution >= 4 is 11.8 Å². The highest BCUT2D eigenvalue weighted by molar-refractivity contribution is 6.21. The molecule has 1 aliphatic heterocycles. The normalized spacial score (nSPS) is 14.7. The summed E-state index contributed by atoms with van der Waals surface area (Å²) < 4.78 is 0. The molecule has 78 valence electrons. The van der Waals surface area contributed by atoms with Crippen LogP contribution in [0.5, 0.6) is 0 Å². The summed E-state index contributed by atoms with van der Waals surface area (Å²) in [5.41, 5.74) is 1.68. The number of rotatable bonds is 2. The van der Waals surface area contributed by atoms with E-state index in [4.69, 9.17) is 4.84 Å². The fourth-order valence-electron chi connectivity index (χ4n) is 1.68. The Morgan fingerprint density at radius 3 is 2.60 bits per heavy atom. The molecule has 0 fully saturated rings. The van der Waals surface area contributed by atoms with Crippen molar-refractivity contribution in [2.45, 2.75) is 13.8 Å². The minimum atomic E-state index is -0.374. The molecule has 0 radical (unpaired) electrons. The van der Waals surface area contributed by atoms with Crippen molar-refractivity contribution in [2.24, 2.45) is 0 Å². The number of hydrogen-bond acceptors (Lipinski definition) is 3. The Labute approximate surface area is 87.4 Å². The maximum Gasteiger partial charge on any atom is 0.286 e. The third-order valence-electron chi connectivity index (χ3n) is 2.34. The summed E-state index contributed by atoms with van der Waals surface area (Å²) in [6.45, 7) is 3.83. The van der Waals surface area contributed by atoms with Gasteiger partial charge in [-0.1, -0.05) is 12.1 Å². The molecule has 0 aliphatic carbocycles. The monoisotopic (exact) mass is 205 g/mol. The number of benzene rings is 1. The van der Waals surface area contributed by atoms with Crippen LogP contribution in [0.2, 0.25) is 0 Å². The summed E-state index contributed by atoms with van der Waals surface area (Å²) in [6.07, 6.45) is 0. The molecule has 4 nitrogen and oxygen atoms in total. The van der Waals surface area contributed by atoms with Gasteiger partial charge in [0.25, 0.3) is 11.8 Å². The minimum Gasteiger partial charge on any atom is -0.266 e. The Kier molecular flexibility index (Phi) is 2.28. The van der Waals surface area contributed by atoms with Crippen LogP contribution in [0.15, 0.2) is 18.2 Å². The SMILES string of the molecule is CCON1C(=O)c2cccc(C)c2C1=O. The van der Waals surface area contributed by atoms with Gasteiger partial charge in [-0.3, -0.25) is 14.4 Å². The number of imide groups is 1. The average Bonchev–Trinajstić information content (AvgIpc) is 2.45. The molecule has 0 saturated heterocycles. The molecule has 2 rings (SSSR count). The van der Waals surface area contributed by atoms with Crippen LogP contribution in [-0.4, -0.2) is 23.5 Å². The highest BCUT2D eigenvalue weighted by atomic mass is 16.7. The summed E-state index contributed by atoms with van der Waals surface area (Å²) in [6, 6.07) is 5.20. The van der Waals surface area contributed by atoms with Gasteiger partial charge in [-0.15, -0.1) is 5.06 Å². The van der Waals surface area contributed by atoms with E-state index in [0.717, 1.165) is 10.6 Å². The molecule has 15 heavy (non-hydrogen) atoms. The first-order chi connectivity index (χ1) is 7.16. The number of nitrogens with zero attached hydrogens (tertiary/aromatic N) is 1. The second kappa shape index (κ2) is 3.47. The van der Waals surface area contributed by atoms with Gasteiger partial charge in [-0.2, -0.15) is 0 Å². The van der Waals surface area contributed by atoms with Crippen molar-refractivity contribution in [1.29, 1.82) is 0 Å². The summed E-state index contributed by atoms with van der Waals surface area (Å²) in [4.78, 5) is 28.5. The van der Waals surface area contributed by atoms with Crippen LogP contribution in [0, 0.1) is 6.92 Å². The molecule has 1 aromatic rings. The van der Waals surface area contributed by atoms with Crippen molar-refractivity contribution in [1.82, 2.24) is 5.06 Å². The van der Waals surface area contributed by atoms with Crippen molar-refractivity contribution in [3.05, 3.63) is 34.9 Å². The highest BCUT2D eigenvalue weighted by Gasteiger charge is 2.37. The number of carbonyl (C=O) groups excluding carboxylic acids is 2. The van der Waals surface area contributed by atoms with E-state index in [2.05, 4.69) is 0 Å². The van der Waals surface area contributed by atoms with Gasteiger partial charge in [0, 0.05) is 0 Å². The van der Waals surface area contributed by atoms with E-state index in [9.17, 15) is 9.59 Å². The molecule has 0 spiro atoms. The predicted octanol–water partition coefficient (Wildman–Crippen LogP) is 1.54. The van der Waals surface area contributed by atoms with Gasteiger partial charge in [0.2, 0.25) is 0 Å². The van der Waals surface area contributed by atoms with Crippen LogP contribution in [0.4, 0.5) is 0 Å². The first kappa shape index (κ1) is 9.86. The first-order valence-electron chi connectivity index (χ1n) is 4.78. The Balaban J connectivity index is 2.51. The minimum absolute atomic E-state index is 0.296. The van der Waals surface area contributed by atoms with Crippen molar-refractivity contribution in [3.63, 3.8) is 0 Å². The molecule has 0 atom stereocenters. The van der Waals surface area contributed by atoms with E-state index in [1.807, 2.05) is 0 Å². The second-order valence-corrected chi connectivity index (χ2v) is 3.32. The molecule has 0 aromatic heterocycles. The lowest BCUT2D eigenvalue weighted by atomic mass is 10.0. The van der Waals surface area contributed by atoms with Crippen molar-refractivity contribution in [3.8, 4) is 0 Å². The first-order valence-corrected chi connectivity index (χ1v) is 4.78. The third kappa shape index (κ3) is 1.34. The van der Waals surface area contributed by atoms with Crippen LogP contribution in [0.25, 0.3) is 0 Å². The lowest BCUT2D eigenvalue weighted by Crippen LogP contribution is -2.29. The van der Waals surface area contributed by atoms with E-state index in [0.29, 0.717) is 17.7 Å². The van der Waals surface area contributed by atoms with E-state index in [1.54, 1.807) is 32.0 Å². The highest BCUT2D eigenvalue weighted by Crippen LogP contribution is 2.25. The summed E-state index contributed by atoms with van der Waals surface area (Å²) in [5, 5.41) is 0.831. The zero-order chi connectivity index (χ0) is 11.0. The lowest BCUT2D eigenvalue weighted by Gasteiger charge is -2.10. The maximum atomic E-state index is 11.8. The van der Waals surface area contributed by atoms with Gasteiger partial charge >= 0.3 is 0 Å². The standard InChI is InChI=1S/C11H11NO3/c1-3-15-12-10(13)8-6-4-5-7(2)9(8)11(12)14/h4-6H,3H2,1-2H3. The van der Waals surface area contributed by atoms with Crippen molar-refractivity contribution in [2.75, 3.05) is 6.61 Å². The fraction of sp³-hybridized carbons (Fsp3) is 0.273. The Morgan fingerprint density at radius 2 is 2.00 bits per heavy atom. The molecular weight excluding hydrogens is 194 g/mol. The number of aryl methyl sites for hydroxylation is 1. The Bertz CT molecular complexity index is 439. The third-order valence-corrected chi connectivity index (χ3v) is 2.34. The van der Waals surface area contributed by atoms with Gasteiger partial charge in [-0.05, 0) is 25.5 Å². The van der Waals surface area contributed by atoms with Gasteiger partial charge in [0.05, 0.1) is 17.7 Å². The molecule has 0 unspecified atom stereocenters. The molecule has 2 amide bonds. The number of hydrogen-bond donors (Lipinski definition) is 0. The van der Waals surface area contributed by atoms with Crippen LogP contribution in [0.1, 0.15) is 33.2 Å². The van der Waals surface area contributed by atoms with Crippen molar-refractivity contribution < 1.29 is 14.4 Å². The summed E-state index contributed by atoms with van der Waals surface area (Å²) in [5.74, 6) is -0.740. The molecular formula is C11H11NO3. The molecule has 0 N–H and O–H groups in total. The summed E-state index contributed by atoms with van der Waals surface area (Å²) in [7, 11) is 0. The van der Waals surface area contributed by atoms with E-state index in [1.165, 1.54) is 0 Å². The largest absolute Gasteiger partial charge is 0.286 e. The zero-order valence-electron chi connectivity index (χ0n) is 8.61. The fourth-order valence-corrected chi connectivity index (χ4v) is 1.68. The van der Waals surface area contributed by atoms with E-state index < -0.39 is 0 Å². The molecule has 0 saturated carbocycles. The van der Waals surface area contributed by atoms with Crippen LogP contribution < -0.4 is 0 Å². The Morgan fingerprint density at radius 1 is 1.27 bits per heavy atom. The molecule has 1 aliphatic rings. The van der Waals surface area contributed by atoms with E-state index in [-0.39, 0.29) is 11.8 Å². The lowest BCUT2D eigenvalue weighted by molar-refractivity contribution is -0.0863. The van der Waals surface area contributed by atoms with Crippen LogP contribution in [-0.2, 0) is 4.84 Å². The van der Waals surface area contributed by atoms with Gasteiger partial charge in [-0.25, -0.2) is 0 Å². The van der Waals surface area contributed by atoms with E-state index >= 15 is 0 Å². The molecule has 1 heterocycles. The topological polar surface area (TPSA) is 46.6 Å². The summed E-state index contributed by atoms with van der Waals surface area (Å²) >= 11 is 0. The number of carbonyl (C=O) groups is 2. The number of hydroxylamine groups is 2. The van der Waals surface area contributed by atoms with Crippen LogP contribution >= 0.6 is 0 Å². The number of amides is 2. The average molecular weight is 205 g/mol. The predicted molar refractivity (Wildman–Crippen MR) is 53.3 cm³/mol. The second-order valence-electron chi connectivity index (χ2n) is 3.32. The number of fused-ring (bicyclic) bond motifs is 1. The Hall–Kier alpha value is -1.68. The maximum absolute atomic E-state index is 11.8. The quantitative estimate of drug-likeness (QED) is 0.688. The molecule has 0 bridgehead atoms. The van der Waals surface area contributed by atoms with Crippen LogP contribution in [0.3, 0.4) is 0 Å².